The molecule has 1 aliphatic rings. The molecule has 2 heterocycles. The minimum Gasteiger partial charge on any atom is -0.369 e. The highest BCUT2D eigenvalue weighted by atomic mass is 15.3. The standard InChI is InChI=1S/C16H22N4/c1-2-16(20-9-8-17-14-20)19-12-10-18(11-13-19)15-6-4-3-5-7-15/h3-9,14,16H,2,10-13H2,1H3. The summed E-state index contributed by atoms with van der Waals surface area (Å²) in [6, 6.07) is 10.7. The lowest BCUT2D eigenvalue weighted by molar-refractivity contribution is 0.126. The van der Waals surface area contributed by atoms with Crippen molar-refractivity contribution >= 4 is 5.69 Å². The first-order chi connectivity index (χ1) is 9.88. The van der Waals surface area contributed by atoms with Crippen molar-refractivity contribution in [3.8, 4) is 0 Å². The molecule has 1 unspecified atom stereocenters. The smallest absolute Gasteiger partial charge is 0.0959 e. The maximum absolute atomic E-state index is 4.17. The van der Waals surface area contributed by atoms with Crippen molar-refractivity contribution in [1.29, 1.82) is 0 Å². The summed E-state index contributed by atoms with van der Waals surface area (Å²) < 4.78 is 2.22. The Bertz CT molecular complexity index is 501. The van der Waals surface area contributed by atoms with E-state index in [1.54, 1.807) is 0 Å². The third-order valence-electron chi connectivity index (χ3n) is 4.09. The van der Waals surface area contributed by atoms with E-state index < -0.39 is 0 Å². The van der Waals surface area contributed by atoms with Crippen molar-refractivity contribution < 1.29 is 0 Å². The van der Waals surface area contributed by atoms with Crippen LogP contribution < -0.4 is 4.90 Å². The molecule has 1 saturated heterocycles. The number of imidazole rings is 1. The van der Waals surface area contributed by atoms with Crippen LogP contribution in [0.4, 0.5) is 5.69 Å². The van der Waals surface area contributed by atoms with Crippen LogP contribution in [0, 0.1) is 0 Å². The van der Waals surface area contributed by atoms with Crippen LogP contribution in [0.2, 0.25) is 0 Å². The zero-order valence-electron chi connectivity index (χ0n) is 12.0. The molecule has 106 valence electrons. The molecule has 1 aromatic heterocycles. The molecule has 1 atom stereocenters. The van der Waals surface area contributed by atoms with E-state index in [0.29, 0.717) is 6.17 Å². The predicted octanol–water partition coefficient (Wildman–Crippen LogP) is 2.61. The van der Waals surface area contributed by atoms with Gasteiger partial charge in [-0.25, -0.2) is 4.98 Å². The first kappa shape index (κ1) is 13.2. The number of para-hydroxylation sites is 1. The van der Waals surface area contributed by atoms with Gasteiger partial charge in [0.25, 0.3) is 0 Å². The molecule has 0 radical (unpaired) electrons. The Labute approximate surface area is 120 Å². The average Bonchev–Trinajstić information content (AvgIpc) is 3.04. The average molecular weight is 270 g/mol. The largest absolute Gasteiger partial charge is 0.369 e. The number of hydrogen-bond acceptors (Lipinski definition) is 3. The number of benzene rings is 1. The first-order valence-electron chi connectivity index (χ1n) is 7.40. The van der Waals surface area contributed by atoms with Gasteiger partial charge in [0.2, 0.25) is 0 Å². The van der Waals surface area contributed by atoms with Crippen molar-refractivity contribution in [3.05, 3.63) is 49.1 Å². The Morgan fingerprint density at radius 2 is 1.85 bits per heavy atom. The van der Waals surface area contributed by atoms with Gasteiger partial charge in [-0.2, -0.15) is 0 Å². The molecule has 20 heavy (non-hydrogen) atoms. The lowest BCUT2D eigenvalue weighted by Gasteiger charge is -2.40. The highest BCUT2D eigenvalue weighted by molar-refractivity contribution is 5.46. The Kier molecular flexibility index (Phi) is 4.02. The molecule has 4 heteroatoms. The molecular formula is C16H22N4. The quantitative estimate of drug-likeness (QED) is 0.853. The third-order valence-corrected chi connectivity index (χ3v) is 4.09. The van der Waals surface area contributed by atoms with Crippen LogP contribution in [0.15, 0.2) is 49.1 Å². The summed E-state index contributed by atoms with van der Waals surface area (Å²) in [5.74, 6) is 0. The van der Waals surface area contributed by atoms with Crippen LogP contribution in [-0.2, 0) is 0 Å². The molecule has 2 aromatic rings. The Morgan fingerprint density at radius 1 is 1.10 bits per heavy atom. The number of hydrogen-bond donors (Lipinski definition) is 0. The van der Waals surface area contributed by atoms with E-state index in [1.165, 1.54) is 5.69 Å². The van der Waals surface area contributed by atoms with Crippen LogP contribution in [0.5, 0.6) is 0 Å². The molecule has 1 aliphatic heterocycles. The van der Waals surface area contributed by atoms with Gasteiger partial charge in [0, 0.05) is 44.3 Å². The van der Waals surface area contributed by atoms with Gasteiger partial charge in [0.15, 0.2) is 0 Å². The SMILES string of the molecule is CCC(N1CCN(c2ccccc2)CC1)n1ccnc1. The maximum Gasteiger partial charge on any atom is 0.0959 e. The first-order valence-corrected chi connectivity index (χ1v) is 7.40. The van der Waals surface area contributed by atoms with Gasteiger partial charge in [-0.1, -0.05) is 25.1 Å². The molecule has 0 spiro atoms. The molecule has 0 amide bonds. The van der Waals surface area contributed by atoms with Crippen LogP contribution in [-0.4, -0.2) is 40.6 Å². The number of nitrogens with zero attached hydrogens (tertiary/aromatic N) is 4. The fourth-order valence-corrected chi connectivity index (χ4v) is 3.02. The third kappa shape index (κ3) is 2.70. The Morgan fingerprint density at radius 3 is 2.45 bits per heavy atom. The second kappa shape index (κ2) is 6.09. The minimum atomic E-state index is 0.440. The summed E-state index contributed by atoms with van der Waals surface area (Å²) in [6.45, 7) is 6.63. The van der Waals surface area contributed by atoms with Crippen LogP contribution in [0.1, 0.15) is 19.5 Å². The number of rotatable bonds is 4. The molecular weight excluding hydrogens is 248 g/mol. The second-order valence-corrected chi connectivity index (χ2v) is 5.26. The summed E-state index contributed by atoms with van der Waals surface area (Å²) >= 11 is 0. The van der Waals surface area contributed by atoms with Gasteiger partial charge >= 0.3 is 0 Å². The molecule has 0 aliphatic carbocycles. The van der Waals surface area contributed by atoms with Crippen molar-refractivity contribution in [2.75, 3.05) is 31.1 Å². The van der Waals surface area contributed by atoms with E-state index in [0.717, 1.165) is 32.6 Å². The molecule has 3 rings (SSSR count). The second-order valence-electron chi connectivity index (χ2n) is 5.26. The lowest BCUT2D eigenvalue weighted by atomic mass is 10.2. The fourth-order valence-electron chi connectivity index (χ4n) is 3.02. The van der Waals surface area contributed by atoms with Crippen LogP contribution in [0.3, 0.4) is 0 Å². The fraction of sp³-hybridized carbons (Fsp3) is 0.438. The van der Waals surface area contributed by atoms with Gasteiger partial charge in [-0.3, -0.25) is 4.90 Å². The van der Waals surface area contributed by atoms with Gasteiger partial charge in [0.1, 0.15) is 0 Å². The van der Waals surface area contributed by atoms with Gasteiger partial charge in [-0.15, -0.1) is 0 Å². The highest BCUT2D eigenvalue weighted by Gasteiger charge is 2.23. The van der Waals surface area contributed by atoms with Crippen molar-refractivity contribution in [3.63, 3.8) is 0 Å². The molecule has 0 bridgehead atoms. The van der Waals surface area contributed by atoms with Crippen molar-refractivity contribution in [2.45, 2.75) is 19.5 Å². The lowest BCUT2D eigenvalue weighted by Crippen LogP contribution is -2.48. The summed E-state index contributed by atoms with van der Waals surface area (Å²) in [7, 11) is 0. The zero-order chi connectivity index (χ0) is 13.8. The van der Waals surface area contributed by atoms with E-state index in [4.69, 9.17) is 0 Å². The highest BCUT2D eigenvalue weighted by Crippen LogP contribution is 2.21. The Hall–Kier alpha value is -1.81. The van der Waals surface area contributed by atoms with E-state index in [2.05, 4.69) is 62.8 Å². The van der Waals surface area contributed by atoms with Crippen molar-refractivity contribution in [1.82, 2.24) is 14.5 Å². The molecule has 0 saturated carbocycles. The molecule has 0 N–H and O–H groups in total. The van der Waals surface area contributed by atoms with E-state index >= 15 is 0 Å². The number of aromatic nitrogens is 2. The maximum atomic E-state index is 4.17. The van der Waals surface area contributed by atoms with Gasteiger partial charge in [0.05, 0.1) is 12.5 Å². The zero-order valence-corrected chi connectivity index (χ0v) is 12.0. The normalized spacial score (nSPS) is 18.1. The summed E-state index contributed by atoms with van der Waals surface area (Å²) in [6.07, 6.45) is 7.41. The number of anilines is 1. The molecule has 1 fully saturated rings. The summed E-state index contributed by atoms with van der Waals surface area (Å²) in [4.78, 5) is 9.20. The number of piperazine rings is 1. The Balaban J connectivity index is 1.63. The van der Waals surface area contributed by atoms with Crippen LogP contribution >= 0.6 is 0 Å². The monoisotopic (exact) mass is 270 g/mol. The van der Waals surface area contributed by atoms with Crippen LogP contribution in [0.25, 0.3) is 0 Å². The predicted molar refractivity (Wildman–Crippen MR) is 81.8 cm³/mol. The van der Waals surface area contributed by atoms with Gasteiger partial charge < -0.3 is 9.47 Å². The van der Waals surface area contributed by atoms with Crippen molar-refractivity contribution in [2.24, 2.45) is 0 Å². The van der Waals surface area contributed by atoms with E-state index in [-0.39, 0.29) is 0 Å². The van der Waals surface area contributed by atoms with Gasteiger partial charge in [-0.05, 0) is 18.6 Å². The molecule has 1 aromatic carbocycles. The van der Waals surface area contributed by atoms with E-state index in [1.807, 2.05) is 12.5 Å². The van der Waals surface area contributed by atoms with E-state index in [9.17, 15) is 0 Å². The molecule has 4 nitrogen and oxygen atoms in total. The summed E-state index contributed by atoms with van der Waals surface area (Å²) in [5.41, 5.74) is 1.34. The topological polar surface area (TPSA) is 24.3 Å². The summed E-state index contributed by atoms with van der Waals surface area (Å²) in [5, 5.41) is 0. The minimum absolute atomic E-state index is 0.440.